The van der Waals surface area contributed by atoms with Crippen molar-refractivity contribution >= 4 is 57.0 Å². The third kappa shape index (κ3) is 5.80. The van der Waals surface area contributed by atoms with Crippen molar-refractivity contribution < 1.29 is 4.74 Å². The van der Waals surface area contributed by atoms with Crippen LogP contribution < -0.4 is 14.5 Å². The molecular formula is C59H44N2O. The zero-order valence-corrected chi connectivity index (χ0v) is 34.8. The first-order valence-electron chi connectivity index (χ1n) is 21.7. The summed E-state index contributed by atoms with van der Waals surface area (Å²) in [6.45, 7) is 4.72. The molecule has 9 aromatic carbocycles. The number of fused-ring (bicyclic) bond motifs is 8. The van der Waals surface area contributed by atoms with Crippen molar-refractivity contribution in [3.05, 3.63) is 228 Å². The number of hydrogen-bond acceptors (Lipinski definition) is 3. The van der Waals surface area contributed by atoms with Gasteiger partial charge in [-0.3, -0.25) is 0 Å². The molecular weight excluding hydrogens is 753 g/mol. The maximum absolute atomic E-state index is 6.32. The van der Waals surface area contributed by atoms with Gasteiger partial charge in [-0.05, 0) is 128 Å². The third-order valence-electron chi connectivity index (χ3n) is 13.3. The molecule has 62 heavy (non-hydrogen) atoms. The van der Waals surface area contributed by atoms with Gasteiger partial charge in [-0.2, -0.15) is 0 Å². The minimum absolute atomic E-state index is 0.171. The Labute approximate surface area is 363 Å². The molecule has 296 valence electrons. The molecule has 0 aromatic heterocycles. The van der Waals surface area contributed by atoms with Crippen molar-refractivity contribution in [2.75, 3.05) is 9.80 Å². The summed E-state index contributed by atoms with van der Waals surface area (Å²) >= 11 is 0. The Morgan fingerprint density at radius 1 is 0.419 bits per heavy atom. The Kier molecular flexibility index (Phi) is 8.33. The lowest BCUT2D eigenvalue weighted by Gasteiger charge is -2.33. The quantitative estimate of drug-likeness (QED) is 0.161. The molecule has 12 rings (SSSR count). The second-order valence-corrected chi connectivity index (χ2v) is 17.3. The highest BCUT2D eigenvalue weighted by molar-refractivity contribution is 6.06. The predicted molar refractivity (Wildman–Crippen MR) is 259 cm³/mol. The second kappa shape index (κ2) is 14.2. The minimum atomic E-state index is -0.171. The Morgan fingerprint density at radius 3 is 1.61 bits per heavy atom. The van der Waals surface area contributed by atoms with Gasteiger partial charge >= 0.3 is 0 Å². The largest absolute Gasteiger partial charge is 0.453 e. The Bertz CT molecular complexity index is 3170. The third-order valence-corrected chi connectivity index (χ3v) is 13.3. The molecule has 2 heterocycles. The lowest BCUT2D eigenvalue weighted by molar-refractivity contribution is 0.477. The number of rotatable bonds is 5. The van der Waals surface area contributed by atoms with Gasteiger partial charge in [0.2, 0.25) is 0 Å². The van der Waals surface area contributed by atoms with E-state index < -0.39 is 0 Å². The molecule has 0 N–H and O–H groups in total. The summed E-state index contributed by atoms with van der Waals surface area (Å²) in [4.78, 5) is 4.82. The molecule has 0 bridgehead atoms. The zero-order chi connectivity index (χ0) is 41.4. The van der Waals surface area contributed by atoms with E-state index in [0.717, 1.165) is 41.4 Å². The monoisotopic (exact) mass is 796 g/mol. The molecule has 1 aliphatic carbocycles. The first-order chi connectivity index (χ1) is 30.5. The number of benzene rings is 9. The average molecular weight is 797 g/mol. The average Bonchev–Trinajstić information content (AvgIpc) is 3.42. The van der Waals surface area contributed by atoms with Crippen LogP contribution in [0.3, 0.4) is 0 Å². The molecule has 0 atom stereocenters. The Morgan fingerprint density at radius 2 is 0.935 bits per heavy atom. The van der Waals surface area contributed by atoms with Gasteiger partial charge in [-0.1, -0.05) is 166 Å². The van der Waals surface area contributed by atoms with Gasteiger partial charge in [-0.25, -0.2) is 0 Å². The summed E-state index contributed by atoms with van der Waals surface area (Å²) in [6.07, 6.45) is 6.55. The van der Waals surface area contributed by atoms with Crippen LogP contribution in [-0.2, 0) is 18.3 Å². The molecule has 0 saturated heterocycles. The van der Waals surface area contributed by atoms with Gasteiger partial charge in [0.25, 0.3) is 0 Å². The smallest absolute Gasteiger partial charge is 0.151 e. The van der Waals surface area contributed by atoms with E-state index in [1.807, 2.05) is 24.3 Å². The summed E-state index contributed by atoms with van der Waals surface area (Å²) in [5.41, 5.74) is 19.7. The lowest BCUT2D eigenvalue weighted by Crippen LogP contribution is -2.18. The van der Waals surface area contributed by atoms with Crippen molar-refractivity contribution in [2.24, 2.45) is 0 Å². The van der Waals surface area contributed by atoms with Crippen molar-refractivity contribution in [1.29, 1.82) is 0 Å². The van der Waals surface area contributed by atoms with E-state index in [2.05, 4.69) is 206 Å². The number of anilines is 6. The summed E-state index contributed by atoms with van der Waals surface area (Å²) < 4.78 is 6.32. The SMILES string of the molecule is CC1(C)c2cc(/C=C/c3ccc(-c4ccc(N5c6ccccc6CCc6ccccc65)c5ccccc45)cc3)ccc2-c2ccc(N3c4ccccc4Oc4ccccc43)cc21. The second-order valence-electron chi connectivity index (χ2n) is 17.3. The number of aryl methyl sites for hydroxylation is 2. The maximum atomic E-state index is 6.32. The highest BCUT2D eigenvalue weighted by atomic mass is 16.5. The van der Waals surface area contributed by atoms with Crippen LogP contribution in [0.1, 0.15) is 47.2 Å². The van der Waals surface area contributed by atoms with Crippen LogP contribution in [0.4, 0.5) is 34.1 Å². The number of ether oxygens (including phenoxy) is 1. The summed E-state index contributed by atoms with van der Waals surface area (Å²) in [5.74, 6) is 1.73. The number of para-hydroxylation sites is 6. The highest BCUT2D eigenvalue weighted by Crippen LogP contribution is 2.54. The van der Waals surface area contributed by atoms with Crippen LogP contribution in [0, 0.1) is 0 Å². The Hall–Kier alpha value is -7.62. The minimum Gasteiger partial charge on any atom is -0.453 e. The van der Waals surface area contributed by atoms with Gasteiger partial charge in [0.15, 0.2) is 11.5 Å². The van der Waals surface area contributed by atoms with Crippen LogP contribution in [0.25, 0.3) is 45.2 Å². The summed E-state index contributed by atoms with van der Waals surface area (Å²) in [6, 6.07) is 70.8. The standard InChI is InChI=1S/C59H44N2O/c1-59(2)50-37-40(27-33-47(50)48-34-32-44(38-51(48)59)60-55-19-9-11-21-57(55)62-58-22-12-10-20-56(58)60)24-23-39-25-28-41(29-26-39)45-35-36-54(49-16-6-5-15-46(45)49)61-52-17-7-3-13-42(52)30-31-43-14-4-8-18-53(43)61/h3-29,32-38H,30-31H2,1-2H3/b24-23+. The summed E-state index contributed by atoms with van der Waals surface area (Å²) in [5, 5.41) is 2.50. The van der Waals surface area contributed by atoms with Crippen molar-refractivity contribution in [3.63, 3.8) is 0 Å². The van der Waals surface area contributed by atoms with Gasteiger partial charge in [0.1, 0.15) is 0 Å². The lowest BCUT2D eigenvalue weighted by atomic mass is 9.81. The van der Waals surface area contributed by atoms with E-state index in [4.69, 9.17) is 4.74 Å². The fourth-order valence-electron chi connectivity index (χ4n) is 10.2. The van der Waals surface area contributed by atoms with E-state index >= 15 is 0 Å². The Balaban J connectivity index is 0.835. The molecule has 0 unspecified atom stereocenters. The number of nitrogens with zero attached hydrogens (tertiary/aromatic N) is 2. The van der Waals surface area contributed by atoms with Gasteiger partial charge in [0.05, 0.1) is 17.1 Å². The van der Waals surface area contributed by atoms with Gasteiger partial charge in [-0.15, -0.1) is 0 Å². The molecule has 0 fully saturated rings. The van der Waals surface area contributed by atoms with Crippen LogP contribution >= 0.6 is 0 Å². The topological polar surface area (TPSA) is 15.7 Å². The molecule has 0 spiro atoms. The van der Waals surface area contributed by atoms with Crippen LogP contribution in [-0.4, -0.2) is 0 Å². The molecule has 2 aliphatic heterocycles. The van der Waals surface area contributed by atoms with Crippen LogP contribution in [0.2, 0.25) is 0 Å². The molecule has 3 aliphatic rings. The van der Waals surface area contributed by atoms with Gasteiger partial charge < -0.3 is 14.5 Å². The van der Waals surface area contributed by atoms with E-state index in [-0.39, 0.29) is 5.41 Å². The molecule has 0 saturated carbocycles. The fourth-order valence-corrected chi connectivity index (χ4v) is 10.2. The first-order valence-corrected chi connectivity index (χ1v) is 21.7. The van der Waals surface area contributed by atoms with Crippen molar-refractivity contribution in [2.45, 2.75) is 32.1 Å². The summed E-state index contributed by atoms with van der Waals surface area (Å²) in [7, 11) is 0. The van der Waals surface area contributed by atoms with Crippen molar-refractivity contribution in [3.8, 4) is 33.8 Å². The number of hydrogen-bond donors (Lipinski definition) is 0. The normalized spacial score (nSPS) is 14.3. The highest BCUT2D eigenvalue weighted by Gasteiger charge is 2.37. The molecule has 0 radical (unpaired) electrons. The van der Waals surface area contributed by atoms with E-state index in [9.17, 15) is 0 Å². The fraction of sp³-hybridized carbons (Fsp3) is 0.0847. The maximum Gasteiger partial charge on any atom is 0.151 e. The predicted octanol–water partition coefficient (Wildman–Crippen LogP) is 16.1. The van der Waals surface area contributed by atoms with Crippen molar-refractivity contribution in [1.82, 2.24) is 0 Å². The molecule has 3 nitrogen and oxygen atoms in total. The van der Waals surface area contributed by atoms with Gasteiger partial charge in [0, 0.05) is 27.9 Å². The molecule has 0 amide bonds. The van der Waals surface area contributed by atoms with Crippen LogP contribution in [0.15, 0.2) is 194 Å². The first kappa shape index (κ1) is 36.2. The van der Waals surface area contributed by atoms with E-state index in [1.54, 1.807) is 0 Å². The molecule has 3 heteroatoms. The van der Waals surface area contributed by atoms with E-state index in [0.29, 0.717) is 0 Å². The van der Waals surface area contributed by atoms with Crippen LogP contribution in [0.5, 0.6) is 11.5 Å². The zero-order valence-electron chi connectivity index (χ0n) is 34.8. The van der Waals surface area contributed by atoms with E-state index in [1.165, 1.54) is 83.5 Å². The molecule has 9 aromatic rings.